The summed E-state index contributed by atoms with van der Waals surface area (Å²) in [7, 11) is 2.19. The first kappa shape index (κ1) is 22.9. The van der Waals surface area contributed by atoms with Crippen LogP contribution in [0.3, 0.4) is 0 Å². The molecule has 3 aromatic carbocycles. The third kappa shape index (κ3) is 5.44. The van der Waals surface area contributed by atoms with Crippen molar-refractivity contribution in [1.29, 1.82) is 0 Å². The van der Waals surface area contributed by atoms with Gasteiger partial charge in [0.2, 0.25) is 0 Å². The van der Waals surface area contributed by atoms with Crippen LogP contribution in [0.15, 0.2) is 72.8 Å². The van der Waals surface area contributed by atoms with Crippen molar-refractivity contribution in [3.8, 4) is 11.1 Å². The van der Waals surface area contributed by atoms with E-state index in [2.05, 4.69) is 65.4 Å². The number of hydrogen-bond acceptors (Lipinski definition) is 4. The van der Waals surface area contributed by atoms with Crippen molar-refractivity contribution in [2.45, 2.75) is 19.2 Å². The highest BCUT2D eigenvalue weighted by Gasteiger charge is 2.32. The second-order valence-corrected chi connectivity index (χ2v) is 9.72. The largest absolute Gasteiger partial charge is 0.439 e. The highest BCUT2D eigenvalue weighted by Crippen LogP contribution is 2.29. The van der Waals surface area contributed by atoms with Gasteiger partial charge in [0.05, 0.1) is 6.54 Å². The summed E-state index contributed by atoms with van der Waals surface area (Å²) in [6.07, 6.45) is -0.535. The van der Waals surface area contributed by atoms with E-state index < -0.39 is 0 Å². The predicted molar refractivity (Wildman–Crippen MR) is 136 cm³/mol. The smallest absolute Gasteiger partial charge is 0.410 e. The number of likely N-dealkylation sites (N-methyl/N-ethyl adjacent to an activating group) is 1. The van der Waals surface area contributed by atoms with Crippen LogP contribution in [0.1, 0.15) is 22.8 Å². The molecule has 1 amide bonds. The second-order valence-electron chi connectivity index (χ2n) is 9.28. The maximum absolute atomic E-state index is 12.4. The molecule has 0 radical (unpaired) electrons. The maximum atomic E-state index is 12.4. The van der Waals surface area contributed by atoms with Gasteiger partial charge in [0, 0.05) is 44.3 Å². The molecule has 0 spiro atoms. The Hall–Kier alpha value is -2.86. The molecule has 0 N–H and O–H groups in total. The molecule has 5 nitrogen and oxygen atoms in total. The van der Waals surface area contributed by atoms with Crippen molar-refractivity contribution in [1.82, 2.24) is 14.7 Å². The molecule has 176 valence electrons. The lowest BCUT2D eigenvalue weighted by Gasteiger charge is -2.32. The first-order valence-corrected chi connectivity index (χ1v) is 12.2. The molecule has 0 bridgehead atoms. The minimum atomic E-state index is -0.277. The molecule has 2 aliphatic heterocycles. The number of amides is 1. The molecule has 0 aliphatic carbocycles. The van der Waals surface area contributed by atoms with Gasteiger partial charge in [0.25, 0.3) is 0 Å². The van der Waals surface area contributed by atoms with Crippen molar-refractivity contribution in [2.75, 3.05) is 39.8 Å². The van der Waals surface area contributed by atoms with Crippen molar-refractivity contribution < 1.29 is 9.53 Å². The standard InChI is InChI=1S/C28H30ClN3O2/c1-30-13-15-31(16-14-30)18-22-3-2-4-25(17-22)23-7-5-21(6-8-23)19-32-20-27(34-28(32)33)24-9-11-26(29)12-10-24/h2-12,17,27H,13-16,18-20H2,1H3/t27-/m0/s1. The van der Waals surface area contributed by atoms with Crippen LogP contribution in [0.5, 0.6) is 0 Å². The quantitative estimate of drug-likeness (QED) is 0.475. The van der Waals surface area contributed by atoms with Gasteiger partial charge in [-0.25, -0.2) is 4.79 Å². The van der Waals surface area contributed by atoms with Crippen molar-refractivity contribution in [3.63, 3.8) is 0 Å². The predicted octanol–water partition coefficient (Wildman–Crippen LogP) is 5.45. The molecule has 6 heteroatoms. The van der Waals surface area contributed by atoms with E-state index >= 15 is 0 Å². The first-order valence-electron chi connectivity index (χ1n) is 11.8. The molecule has 3 aromatic rings. The average molecular weight is 476 g/mol. The fourth-order valence-corrected chi connectivity index (χ4v) is 4.75. The Bertz CT molecular complexity index is 1130. The molecule has 2 heterocycles. The SMILES string of the molecule is CN1CCN(Cc2cccc(-c3ccc(CN4C[C@@H](c5ccc(Cl)cc5)OC4=O)cc3)c2)CC1. The highest BCUT2D eigenvalue weighted by molar-refractivity contribution is 6.30. The highest BCUT2D eigenvalue weighted by atomic mass is 35.5. The van der Waals surface area contributed by atoms with Gasteiger partial charge >= 0.3 is 6.09 Å². The van der Waals surface area contributed by atoms with Crippen LogP contribution in [0, 0.1) is 0 Å². The number of rotatable bonds is 6. The Morgan fingerprint density at radius 3 is 2.32 bits per heavy atom. The summed E-state index contributed by atoms with van der Waals surface area (Å²) in [6, 6.07) is 24.8. The lowest BCUT2D eigenvalue weighted by Crippen LogP contribution is -2.43. The number of ether oxygens (including phenoxy) is 1. The Kier molecular flexibility index (Phi) is 6.86. The Morgan fingerprint density at radius 1 is 0.853 bits per heavy atom. The number of halogens is 1. The molecule has 0 unspecified atom stereocenters. The van der Waals surface area contributed by atoms with Crippen LogP contribution in [-0.2, 0) is 17.8 Å². The fourth-order valence-electron chi connectivity index (χ4n) is 4.62. The summed E-state index contributed by atoms with van der Waals surface area (Å²) in [5, 5.41) is 0.676. The summed E-state index contributed by atoms with van der Waals surface area (Å²) in [5.74, 6) is 0. The molecular weight excluding hydrogens is 446 g/mol. The van der Waals surface area contributed by atoms with Crippen molar-refractivity contribution in [2.24, 2.45) is 0 Å². The molecule has 34 heavy (non-hydrogen) atoms. The van der Waals surface area contributed by atoms with E-state index in [4.69, 9.17) is 16.3 Å². The zero-order valence-electron chi connectivity index (χ0n) is 19.5. The van der Waals surface area contributed by atoms with Gasteiger partial charge in [-0.05, 0) is 53.1 Å². The van der Waals surface area contributed by atoms with Crippen molar-refractivity contribution in [3.05, 3.63) is 94.5 Å². The van der Waals surface area contributed by atoms with Crippen LogP contribution >= 0.6 is 11.6 Å². The summed E-state index contributed by atoms with van der Waals surface area (Å²) in [4.78, 5) is 19.1. The van der Waals surface area contributed by atoms with Gasteiger partial charge in [0.15, 0.2) is 0 Å². The minimum absolute atomic E-state index is 0.257. The number of nitrogens with zero attached hydrogens (tertiary/aromatic N) is 3. The lowest BCUT2D eigenvalue weighted by atomic mass is 10.0. The Labute approximate surface area is 206 Å². The van der Waals surface area contributed by atoms with E-state index in [1.54, 1.807) is 4.90 Å². The van der Waals surface area contributed by atoms with Gasteiger partial charge in [-0.3, -0.25) is 9.80 Å². The molecule has 2 aliphatic rings. The van der Waals surface area contributed by atoms with Gasteiger partial charge in [-0.1, -0.05) is 66.2 Å². The average Bonchev–Trinajstić information content (AvgIpc) is 3.21. The molecule has 0 saturated carbocycles. The van der Waals surface area contributed by atoms with Gasteiger partial charge in [-0.15, -0.1) is 0 Å². The Morgan fingerprint density at radius 2 is 1.59 bits per heavy atom. The van der Waals surface area contributed by atoms with E-state index in [0.29, 0.717) is 18.1 Å². The number of piperazine rings is 1. The number of carbonyl (C=O) groups excluding carboxylic acids is 1. The molecule has 1 atom stereocenters. The monoisotopic (exact) mass is 475 g/mol. The van der Waals surface area contributed by atoms with Gasteiger partial charge in [0.1, 0.15) is 6.10 Å². The fraction of sp³-hybridized carbons (Fsp3) is 0.321. The molecule has 2 saturated heterocycles. The van der Waals surface area contributed by atoms with Crippen molar-refractivity contribution >= 4 is 17.7 Å². The van der Waals surface area contributed by atoms with E-state index in [0.717, 1.165) is 43.9 Å². The summed E-state index contributed by atoms with van der Waals surface area (Å²) >= 11 is 5.98. The summed E-state index contributed by atoms with van der Waals surface area (Å²) in [5.41, 5.74) is 5.81. The Balaban J connectivity index is 1.21. The third-order valence-corrected chi connectivity index (χ3v) is 6.97. The topological polar surface area (TPSA) is 36.0 Å². The second kappa shape index (κ2) is 10.2. The molecule has 5 rings (SSSR count). The van der Waals surface area contributed by atoms with Crippen LogP contribution in [0.25, 0.3) is 11.1 Å². The van der Waals surface area contributed by atoms with Crippen LogP contribution in [0.2, 0.25) is 5.02 Å². The third-order valence-electron chi connectivity index (χ3n) is 6.72. The number of benzene rings is 3. The summed E-state index contributed by atoms with van der Waals surface area (Å²) in [6.45, 7) is 6.56. The van der Waals surface area contributed by atoms with E-state index in [-0.39, 0.29) is 12.2 Å². The minimum Gasteiger partial charge on any atom is -0.439 e. The number of cyclic esters (lactones) is 1. The van der Waals surface area contributed by atoms with Gasteiger partial charge < -0.3 is 9.64 Å². The number of hydrogen-bond donors (Lipinski definition) is 0. The van der Waals surface area contributed by atoms with Crippen LogP contribution < -0.4 is 0 Å². The van der Waals surface area contributed by atoms with E-state index in [9.17, 15) is 4.79 Å². The zero-order valence-corrected chi connectivity index (χ0v) is 20.2. The molecule has 0 aromatic heterocycles. The number of carbonyl (C=O) groups is 1. The molecular formula is C28H30ClN3O2. The first-order chi connectivity index (χ1) is 16.5. The van der Waals surface area contributed by atoms with E-state index in [1.165, 1.54) is 16.7 Å². The lowest BCUT2D eigenvalue weighted by molar-refractivity contribution is 0.132. The maximum Gasteiger partial charge on any atom is 0.410 e. The molecule has 2 fully saturated rings. The zero-order chi connectivity index (χ0) is 23.5. The van der Waals surface area contributed by atoms with Crippen LogP contribution in [-0.4, -0.2) is 60.6 Å². The normalized spacial score (nSPS) is 19.4. The van der Waals surface area contributed by atoms with Gasteiger partial charge in [-0.2, -0.15) is 0 Å². The van der Waals surface area contributed by atoms with E-state index in [1.807, 2.05) is 24.3 Å². The summed E-state index contributed by atoms with van der Waals surface area (Å²) < 4.78 is 5.58. The van der Waals surface area contributed by atoms with Crippen LogP contribution in [0.4, 0.5) is 4.79 Å².